The summed E-state index contributed by atoms with van der Waals surface area (Å²) >= 11 is 1.06. The monoisotopic (exact) mass is 270 g/mol. The lowest BCUT2D eigenvalue weighted by molar-refractivity contribution is 0.101. The number of thioether (sulfide) groups is 1. The predicted octanol–water partition coefficient (Wildman–Crippen LogP) is 3.75. The normalized spacial score (nSPS) is 10.2. The van der Waals surface area contributed by atoms with Crippen LogP contribution in [0.2, 0.25) is 0 Å². The standard InChI is InChI=1S/C16H14O2S/c1-12-7-5-6-10-14(12)16(18)19-11-15(17)13-8-3-2-4-9-13/h2-10H,11H2,1H3. The van der Waals surface area contributed by atoms with Gasteiger partial charge in [0, 0.05) is 11.1 Å². The van der Waals surface area contributed by atoms with Crippen LogP contribution in [-0.4, -0.2) is 16.7 Å². The molecule has 0 aliphatic rings. The van der Waals surface area contributed by atoms with Crippen LogP contribution in [0.3, 0.4) is 0 Å². The lowest BCUT2D eigenvalue weighted by Gasteiger charge is -2.04. The Morgan fingerprint density at radius 2 is 1.58 bits per heavy atom. The highest BCUT2D eigenvalue weighted by molar-refractivity contribution is 8.14. The number of rotatable bonds is 4. The van der Waals surface area contributed by atoms with Crippen molar-refractivity contribution in [2.24, 2.45) is 0 Å². The first-order chi connectivity index (χ1) is 9.18. The van der Waals surface area contributed by atoms with E-state index in [1.54, 1.807) is 18.2 Å². The second-order valence-electron chi connectivity index (χ2n) is 4.18. The second kappa shape index (κ2) is 6.34. The minimum Gasteiger partial charge on any atom is -0.293 e. The summed E-state index contributed by atoms with van der Waals surface area (Å²) in [6.07, 6.45) is 0. The SMILES string of the molecule is Cc1ccccc1C(=O)SCC(=O)c1ccccc1. The summed E-state index contributed by atoms with van der Waals surface area (Å²) in [6.45, 7) is 1.90. The van der Waals surface area contributed by atoms with E-state index in [1.165, 1.54) is 0 Å². The van der Waals surface area contributed by atoms with Crippen LogP contribution in [0.4, 0.5) is 0 Å². The molecule has 0 fully saturated rings. The zero-order chi connectivity index (χ0) is 13.7. The van der Waals surface area contributed by atoms with Crippen LogP contribution in [0.15, 0.2) is 54.6 Å². The molecule has 0 N–H and O–H groups in total. The fourth-order valence-corrected chi connectivity index (χ4v) is 2.53. The van der Waals surface area contributed by atoms with Crippen LogP contribution in [-0.2, 0) is 0 Å². The molecule has 19 heavy (non-hydrogen) atoms. The first-order valence-corrected chi connectivity index (χ1v) is 6.98. The molecule has 2 aromatic rings. The van der Waals surface area contributed by atoms with Gasteiger partial charge in [-0.25, -0.2) is 0 Å². The van der Waals surface area contributed by atoms with Gasteiger partial charge in [0.25, 0.3) is 0 Å². The Morgan fingerprint density at radius 3 is 2.26 bits per heavy atom. The Bertz CT molecular complexity index is 591. The van der Waals surface area contributed by atoms with Crippen molar-refractivity contribution in [2.75, 3.05) is 5.75 Å². The number of carbonyl (C=O) groups is 2. The van der Waals surface area contributed by atoms with E-state index in [2.05, 4.69) is 0 Å². The predicted molar refractivity (Wildman–Crippen MR) is 78.7 cm³/mol. The highest BCUT2D eigenvalue weighted by atomic mass is 32.2. The molecule has 0 aromatic heterocycles. The van der Waals surface area contributed by atoms with Crippen molar-refractivity contribution in [3.63, 3.8) is 0 Å². The van der Waals surface area contributed by atoms with E-state index in [9.17, 15) is 9.59 Å². The van der Waals surface area contributed by atoms with Crippen LogP contribution in [0, 0.1) is 6.92 Å². The maximum atomic E-state index is 12.0. The van der Waals surface area contributed by atoms with Gasteiger partial charge in [-0.2, -0.15) is 0 Å². The van der Waals surface area contributed by atoms with Crippen LogP contribution < -0.4 is 0 Å². The van der Waals surface area contributed by atoms with E-state index >= 15 is 0 Å². The molecule has 0 aliphatic carbocycles. The van der Waals surface area contributed by atoms with Crippen molar-refractivity contribution in [2.45, 2.75) is 6.92 Å². The zero-order valence-corrected chi connectivity index (χ0v) is 11.4. The molecule has 2 nitrogen and oxygen atoms in total. The molecule has 0 spiro atoms. The maximum Gasteiger partial charge on any atom is 0.220 e. The largest absolute Gasteiger partial charge is 0.293 e. The number of benzene rings is 2. The average molecular weight is 270 g/mol. The number of hydrogen-bond donors (Lipinski definition) is 0. The van der Waals surface area contributed by atoms with Gasteiger partial charge in [-0.15, -0.1) is 0 Å². The van der Waals surface area contributed by atoms with Gasteiger partial charge in [0.05, 0.1) is 5.75 Å². The summed E-state index contributed by atoms with van der Waals surface area (Å²) in [4.78, 5) is 23.9. The Balaban J connectivity index is 1.98. The van der Waals surface area contributed by atoms with Gasteiger partial charge in [-0.1, -0.05) is 66.4 Å². The quantitative estimate of drug-likeness (QED) is 0.793. The highest BCUT2D eigenvalue weighted by Gasteiger charge is 2.12. The summed E-state index contributed by atoms with van der Waals surface area (Å²) in [6, 6.07) is 16.4. The average Bonchev–Trinajstić information content (AvgIpc) is 2.46. The minimum absolute atomic E-state index is 0.0208. The lowest BCUT2D eigenvalue weighted by atomic mass is 10.1. The van der Waals surface area contributed by atoms with E-state index in [0.717, 1.165) is 17.3 Å². The lowest BCUT2D eigenvalue weighted by Crippen LogP contribution is -2.06. The summed E-state index contributed by atoms with van der Waals surface area (Å²) in [5.74, 6) is 0.157. The number of ketones is 1. The molecule has 0 heterocycles. The van der Waals surface area contributed by atoms with E-state index in [4.69, 9.17) is 0 Å². The first-order valence-electron chi connectivity index (χ1n) is 5.99. The fraction of sp³-hybridized carbons (Fsp3) is 0.125. The number of hydrogen-bond acceptors (Lipinski definition) is 3. The first kappa shape index (κ1) is 13.6. The van der Waals surface area contributed by atoms with Crippen molar-refractivity contribution in [3.05, 3.63) is 71.3 Å². The Labute approximate surface area is 116 Å². The zero-order valence-electron chi connectivity index (χ0n) is 10.6. The number of Topliss-reactive ketones (excluding diaryl/α,β-unsaturated/α-hetero) is 1. The molecular weight excluding hydrogens is 256 g/mol. The van der Waals surface area contributed by atoms with Gasteiger partial charge in [0.1, 0.15) is 0 Å². The third kappa shape index (κ3) is 3.55. The Kier molecular flexibility index (Phi) is 4.53. The topological polar surface area (TPSA) is 34.1 Å². The molecule has 0 unspecified atom stereocenters. The molecule has 0 radical (unpaired) electrons. The van der Waals surface area contributed by atoms with Crippen molar-refractivity contribution in [1.82, 2.24) is 0 Å². The molecule has 0 saturated carbocycles. The third-order valence-corrected chi connectivity index (χ3v) is 3.68. The van der Waals surface area contributed by atoms with Crippen LogP contribution in [0.5, 0.6) is 0 Å². The van der Waals surface area contributed by atoms with E-state index in [-0.39, 0.29) is 16.7 Å². The maximum absolute atomic E-state index is 12.0. The summed E-state index contributed by atoms with van der Waals surface area (Å²) in [5.41, 5.74) is 2.26. The van der Waals surface area contributed by atoms with Gasteiger partial charge >= 0.3 is 0 Å². The van der Waals surface area contributed by atoms with E-state index < -0.39 is 0 Å². The Morgan fingerprint density at radius 1 is 0.947 bits per heavy atom. The van der Waals surface area contributed by atoms with Crippen molar-refractivity contribution in [3.8, 4) is 0 Å². The molecule has 0 saturated heterocycles. The highest BCUT2D eigenvalue weighted by Crippen LogP contribution is 2.17. The van der Waals surface area contributed by atoms with Crippen LogP contribution in [0.25, 0.3) is 0 Å². The fourth-order valence-electron chi connectivity index (χ4n) is 1.72. The van der Waals surface area contributed by atoms with E-state index in [1.807, 2.05) is 43.3 Å². The number of aryl methyl sites for hydroxylation is 1. The summed E-state index contributed by atoms with van der Waals surface area (Å²) in [5, 5.41) is -0.0534. The molecule has 2 rings (SSSR count). The Hall–Kier alpha value is -1.87. The van der Waals surface area contributed by atoms with Gasteiger partial charge in [-0.3, -0.25) is 9.59 Å². The van der Waals surface area contributed by atoms with Gasteiger partial charge in [0.15, 0.2) is 5.78 Å². The van der Waals surface area contributed by atoms with Crippen LogP contribution >= 0.6 is 11.8 Å². The molecule has 3 heteroatoms. The van der Waals surface area contributed by atoms with Crippen molar-refractivity contribution in [1.29, 1.82) is 0 Å². The van der Waals surface area contributed by atoms with Crippen molar-refractivity contribution < 1.29 is 9.59 Å². The van der Waals surface area contributed by atoms with Crippen LogP contribution in [0.1, 0.15) is 26.3 Å². The van der Waals surface area contributed by atoms with E-state index in [0.29, 0.717) is 11.1 Å². The minimum atomic E-state index is -0.0534. The van der Waals surface area contributed by atoms with Gasteiger partial charge in [0.2, 0.25) is 5.12 Å². The van der Waals surface area contributed by atoms with Gasteiger partial charge in [-0.05, 0) is 12.5 Å². The summed E-state index contributed by atoms with van der Waals surface area (Å²) < 4.78 is 0. The smallest absolute Gasteiger partial charge is 0.220 e. The third-order valence-electron chi connectivity index (χ3n) is 2.80. The molecule has 0 atom stereocenters. The second-order valence-corrected chi connectivity index (χ2v) is 5.13. The number of carbonyl (C=O) groups excluding carboxylic acids is 2. The molecular formula is C16H14O2S. The molecule has 96 valence electrons. The van der Waals surface area contributed by atoms with Crippen molar-refractivity contribution >= 4 is 22.7 Å². The molecule has 2 aromatic carbocycles. The molecule has 0 aliphatic heterocycles. The summed E-state index contributed by atoms with van der Waals surface area (Å²) in [7, 11) is 0. The van der Waals surface area contributed by atoms with Gasteiger partial charge < -0.3 is 0 Å². The molecule has 0 amide bonds. The molecule has 0 bridgehead atoms.